The van der Waals surface area contributed by atoms with Crippen molar-refractivity contribution in [3.63, 3.8) is 0 Å². The minimum absolute atomic E-state index is 0.251. The molecule has 1 fully saturated rings. The van der Waals surface area contributed by atoms with Crippen LogP contribution in [0.4, 0.5) is 0 Å². The Morgan fingerprint density at radius 3 is 3.08 bits per heavy atom. The predicted molar refractivity (Wildman–Crippen MR) is 48.7 cm³/mol. The Kier molecular flexibility index (Phi) is 4.78. The van der Waals surface area contributed by atoms with E-state index in [1.165, 1.54) is 0 Å². The third-order valence-corrected chi connectivity index (χ3v) is 2.16. The van der Waals surface area contributed by atoms with Crippen molar-refractivity contribution in [3.05, 3.63) is 0 Å². The zero-order valence-electron chi connectivity index (χ0n) is 7.79. The second-order valence-electron chi connectivity index (χ2n) is 3.37. The molecule has 1 saturated heterocycles. The van der Waals surface area contributed by atoms with Crippen LogP contribution in [0, 0.1) is 0 Å². The smallest absolute Gasteiger partial charge is 0.303 e. The largest absolute Gasteiger partial charge is 0.481 e. The van der Waals surface area contributed by atoms with E-state index in [4.69, 9.17) is 9.84 Å². The number of carboxylic acid groups (broad SMARTS) is 1. The topological polar surface area (TPSA) is 58.6 Å². The number of carbonyl (C=O) groups is 1. The van der Waals surface area contributed by atoms with E-state index in [-0.39, 0.29) is 6.42 Å². The first-order valence-corrected chi connectivity index (χ1v) is 4.82. The standard InChI is InChI=1S/C9H17NO3/c11-9(12)4-1-5-10-8-3-2-6-13-7-8/h8,10H,1-7H2,(H,11,12). The van der Waals surface area contributed by atoms with Crippen molar-refractivity contribution in [2.45, 2.75) is 31.7 Å². The zero-order valence-corrected chi connectivity index (χ0v) is 7.79. The van der Waals surface area contributed by atoms with Crippen molar-refractivity contribution >= 4 is 5.97 Å². The molecule has 2 N–H and O–H groups in total. The van der Waals surface area contributed by atoms with Crippen molar-refractivity contribution in [2.24, 2.45) is 0 Å². The summed E-state index contributed by atoms with van der Waals surface area (Å²) in [4.78, 5) is 10.2. The van der Waals surface area contributed by atoms with Gasteiger partial charge < -0.3 is 15.2 Å². The first-order valence-electron chi connectivity index (χ1n) is 4.82. The Balaban J connectivity index is 1.95. The van der Waals surface area contributed by atoms with Crippen LogP contribution in [0.1, 0.15) is 25.7 Å². The van der Waals surface area contributed by atoms with Gasteiger partial charge in [0, 0.05) is 19.1 Å². The highest BCUT2D eigenvalue weighted by atomic mass is 16.5. The molecule has 1 heterocycles. The summed E-state index contributed by atoms with van der Waals surface area (Å²) < 4.78 is 5.28. The molecule has 1 unspecified atom stereocenters. The molecule has 0 amide bonds. The van der Waals surface area contributed by atoms with Gasteiger partial charge >= 0.3 is 5.97 Å². The average Bonchev–Trinajstić information content (AvgIpc) is 2.14. The molecule has 0 radical (unpaired) electrons. The highest BCUT2D eigenvalue weighted by Gasteiger charge is 2.12. The first-order chi connectivity index (χ1) is 6.29. The predicted octanol–water partition coefficient (Wildman–Crippen LogP) is 0.620. The lowest BCUT2D eigenvalue weighted by Gasteiger charge is -2.22. The quantitative estimate of drug-likeness (QED) is 0.619. The molecule has 1 aliphatic heterocycles. The van der Waals surface area contributed by atoms with Gasteiger partial charge in [-0.3, -0.25) is 4.79 Å². The third-order valence-electron chi connectivity index (χ3n) is 2.16. The fourth-order valence-corrected chi connectivity index (χ4v) is 1.45. The lowest BCUT2D eigenvalue weighted by Crippen LogP contribution is -2.37. The molecule has 1 atom stereocenters. The Hall–Kier alpha value is -0.610. The summed E-state index contributed by atoms with van der Waals surface area (Å²) in [5.41, 5.74) is 0. The van der Waals surface area contributed by atoms with Gasteiger partial charge in [-0.05, 0) is 25.8 Å². The number of nitrogens with one attached hydrogen (secondary N) is 1. The third kappa shape index (κ3) is 4.85. The van der Waals surface area contributed by atoms with Crippen LogP contribution in [0.25, 0.3) is 0 Å². The minimum Gasteiger partial charge on any atom is -0.481 e. The maximum atomic E-state index is 10.2. The van der Waals surface area contributed by atoms with Crippen LogP contribution in [-0.2, 0) is 9.53 Å². The maximum absolute atomic E-state index is 10.2. The number of ether oxygens (including phenoxy) is 1. The molecular weight excluding hydrogens is 170 g/mol. The molecule has 4 nitrogen and oxygen atoms in total. The monoisotopic (exact) mass is 187 g/mol. The van der Waals surface area contributed by atoms with E-state index in [0.29, 0.717) is 12.5 Å². The van der Waals surface area contributed by atoms with Crippen LogP contribution in [0.2, 0.25) is 0 Å². The Bertz CT molecular complexity index is 155. The molecule has 0 aliphatic carbocycles. The summed E-state index contributed by atoms with van der Waals surface area (Å²) in [6.45, 7) is 2.42. The van der Waals surface area contributed by atoms with Crippen LogP contribution < -0.4 is 5.32 Å². The second-order valence-corrected chi connectivity index (χ2v) is 3.37. The molecule has 13 heavy (non-hydrogen) atoms. The molecule has 0 aromatic heterocycles. The maximum Gasteiger partial charge on any atom is 0.303 e. The van der Waals surface area contributed by atoms with Crippen LogP contribution in [0.15, 0.2) is 0 Å². The summed E-state index contributed by atoms with van der Waals surface area (Å²) in [6.07, 6.45) is 3.20. The van der Waals surface area contributed by atoms with Gasteiger partial charge in [0.15, 0.2) is 0 Å². The summed E-state index contributed by atoms with van der Waals surface area (Å²) in [5.74, 6) is -0.721. The molecule has 0 saturated carbocycles. The normalized spacial score (nSPS) is 22.9. The van der Waals surface area contributed by atoms with Crippen molar-refractivity contribution in [1.82, 2.24) is 5.32 Å². The Morgan fingerprint density at radius 1 is 1.62 bits per heavy atom. The lowest BCUT2D eigenvalue weighted by atomic mass is 10.1. The van der Waals surface area contributed by atoms with E-state index in [2.05, 4.69) is 5.32 Å². The average molecular weight is 187 g/mol. The van der Waals surface area contributed by atoms with Gasteiger partial charge in [0.05, 0.1) is 6.61 Å². The van der Waals surface area contributed by atoms with E-state index in [0.717, 1.165) is 32.6 Å². The number of hydrogen-bond acceptors (Lipinski definition) is 3. The van der Waals surface area contributed by atoms with Gasteiger partial charge in [0.25, 0.3) is 0 Å². The SMILES string of the molecule is O=C(O)CCCNC1CCCOC1. The van der Waals surface area contributed by atoms with Crippen molar-refractivity contribution in [1.29, 1.82) is 0 Å². The molecule has 0 aromatic rings. The molecule has 0 spiro atoms. The molecule has 76 valence electrons. The lowest BCUT2D eigenvalue weighted by molar-refractivity contribution is -0.137. The first kappa shape index (κ1) is 10.5. The van der Waals surface area contributed by atoms with E-state index < -0.39 is 5.97 Å². The molecule has 4 heteroatoms. The Morgan fingerprint density at radius 2 is 2.46 bits per heavy atom. The van der Waals surface area contributed by atoms with Gasteiger partial charge in [-0.15, -0.1) is 0 Å². The van der Waals surface area contributed by atoms with Gasteiger partial charge in [-0.25, -0.2) is 0 Å². The van der Waals surface area contributed by atoms with E-state index >= 15 is 0 Å². The van der Waals surface area contributed by atoms with Crippen molar-refractivity contribution in [2.75, 3.05) is 19.8 Å². The zero-order chi connectivity index (χ0) is 9.52. The van der Waals surface area contributed by atoms with Gasteiger partial charge in [0.2, 0.25) is 0 Å². The summed E-state index contributed by atoms with van der Waals surface area (Å²) >= 11 is 0. The highest BCUT2D eigenvalue weighted by molar-refractivity contribution is 5.66. The van der Waals surface area contributed by atoms with Crippen LogP contribution in [0.5, 0.6) is 0 Å². The number of rotatable bonds is 5. The summed E-state index contributed by atoms with van der Waals surface area (Å²) in [5, 5.41) is 11.7. The molecule has 0 aromatic carbocycles. The van der Waals surface area contributed by atoms with E-state index in [9.17, 15) is 4.79 Å². The number of aliphatic carboxylic acids is 1. The van der Waals surface area contributed by atoms with Crippen LogP contribution in [0.3, 0.4) is 0 Å². The van der Waals surface area contributed by atoms with Crippen molar-refractivity contribution < 1.29 is 14.6 Å². The van der Waals surface area contributed by atoms with E-state index in [1.807, 2.05) is 0 Å². The number of hydrogen-bond donors (Lipinski definition) is 2. The fourth-order valence-electron chi connectivity index (χ4n) is 1.45. The molecular formula is C9H17NO3. The Labute approximate surface area is 78.3 Å². The van der Waals surface area contributed by atoms with Crippen LogP contribution in [-0.4, -0.2) is 36.9 Å². The second kappa shape index (κ2) is 5.94. The fraction of sp³-hybridized carbons (Fsp3) is 0.889. The van der Waals surface area contributed by atoms with Gasteiger partial charge in [-0.2, -0.15) is 0 Å². The van der Waals surface area contributed by atoms with Gasteiger partial charge in [0.1, 0.15) is 0 Å². The van der Waals surface area contributed by atoms with Gasteiger partial charge in [-0.1, -0.05) is 0 Å². The molecule has 1 aliphatic rings. The summed E-state index contributed by atoms with van der Waals surface area (Å²) in [7, 11) is 0. The van der Waals surface area contributed by atoms with E-state index in [1.54, 1.807) is 0 Å². The number of carboxylic acids is 1. The van der Waals surface area contributed by atoms with Crippen molar-refractivity contribution in [3.8, 4) is 0 Å². The molecule has 0 bridgehead atoms. The van der Waals surface area contributed by atoms with Crippen LogP contribution >= 0.6 is 0 Å². The highest BCUT2D eigenvalue weighted by Crippen LogP contribution is 2.05. The molecule has 1 rings (SSSR count). The summed E-state index contributed by atoms with van der Waals surface area (Å²) in [6, 6.07) is 0.433. The minimum atomic E-state index is -0.721.